The number of halogens is 3. The summed E-state index contributed by atoms with van der Waals surface area (Å²) in [5.41, 5.74) is -0.887. The van der Waals surface area contributed by atoms with Gasteiger partial charge in [-0.1, -0.05) is 0 Å². The summed E-state index contributed by atoms with van der Waals surface area (Å²) in [7, 11) is 0. The number of nitrogens with zero attached hydrogens (tertiary/aromatic N) is 5. The Morgan fingerprint density at radius 3 is 2.81 bits per heavy atom. The SMILES string of the molecule is Cc1cnc(CNC(=O)C2CC3(CO2)CN(c2cc(C(F)(F)F)ncn2)CCO3)nc1. The lowest BCUT2D eigenvalue weighted by atomic mass is 9.97. The molecule has 0 radical (unpaired) electrons. The van der Waals surface area contributed by atoms with Crippen molar-refractivity contribution >= 4 is 11.7 Å². The van der Waals surface area contributed by atoms with Gasteiger partial charge in [-0.2, -0.15) is 13.2 Å². The number of alkyl halides is 3. The van der Waals surface area contributed by atoms with E-state index in [2.05, 4.69) is 25.3 Å². The van der Waals surface area contributed by atoms with Gasteiger partial charge in [0, 0.05) is 31.4 Å². The zero-order chi connectivity index (χ0) is 22.1. The van der Waals surface area contributed by atoms with Gasteiger partial charge in [0.2, 0.25) is 5.91 Å². The molecule has 0 saturated carbocycles. The first-order valence-electron chi connectivity index (χ1n) is 9.69. The Labute approximate surface area is 176 Å². The van der Waals surface area contributed by atoms with Crippen molar-refractivity contribution in [3.05, 3.63) is 41.9 Å². The average molecular weight is 438 g/mol. The molecule has 2 atom stereocenters. The summed E-state index contributed by atoms with van der Waals surface area (Å²) in [6, 6.07) is 0.917. The Hall–Kier alpha value is -2.86. The van der Waals surface area contributed by atoms with Gasteiger partial charge < -0.3 is 19.7 Å². The monoisotopic (exact) mass is 438 g/mol. The van der Waals surface area contributed by atoms with E-state index >= 15 is 0 Å². The number of aromatic nitrogens is 4. The molecule has 9 nitrogen and oxygen atoms in total. The molecule has 166 valence electrons. The second kappa shape index (κ2) is 8.35. The van der Waals surface area contributed by atoms with Crippen LogP contribution >= 0.6 is 0 Å². The van der Waals surface area contributed by atoms with E-state index in [1.807, 2.05) is 6.92 Å². The molecule has 1 spiro atoms. The summed E-state index contributed by atoms with van der Waals surface area (Å²) in [5.74, 6) is 0.327. The number of aryl methyl sites for hydroxylation is 1. The van der Waals surface area contributed by atoms with E-state index in [0.717, 1.165) is 18.0 Å². The van der Waals surface area contributed by atoms with Crippen molar-refractivity contribution in [2.45, 2.75) is 37.8 Å². The van der Waals surface area contributed by atoms with E-state index in [-0.39, 0.29) is 44.4 Å². The summed E-state index contributed by atoms with van der Waals surface area (Å²) >= 11 is 0. The maximum absolute atomic E-state index is 13.0. The number of amides is 1. The molecule has 12 heteroatoms. The van der Waals surface area contributed by atoms with Crippen LogP contribution in [0.25, 0.3) is 0 Å². The number of anilines is 1. The predicted molar refractivity (Wildman–Crippen MR) is 101 cm³/mol. The minimum absolute atomic E-state index is 0.153. The van der Waals surface area contributed by atoms with Crippen LogP contribution in [0.4, 0.5) is 19.0 Å². The van der Waals surface area contributed by atoms with E-state index < -0.39 is 23.6 Å². The van der Waals surface area contributed by atoms with Crippen molar-refractivity contribution in [1.29, 1.82) is 0 Å². The number of hydrogen-bond acceptors (Lipinski definition) is 8. The topological polar surface area (TPSA) is 102 Å². The first-order chi connectivity index (χ1) is 14.7. The van der Waals surface area contributed by atoms with Crippen molar-refractivity contribution in [2.75, 3.05) is 31.2 Å². The normalized spacial score (nSPS) is 23.9. The minimum atomic E-state index is -4.55. The molecule has 1 amide bonds. The second-order valence-corrected chi connectivity index (χ2v) is 7.61. The van der Waals surface area contributed by atoms with Crippen molar-refractivity contribution < 1.29 is 27.4 Å². The number of carbonyl (C=O) groups excluding carboxylic acids is 1. The van der Waals surface area contributed by atoms with Gasteiger partial charge in [-0.15, -0.1) is 0 Å². The number of rotatable bonds is 4. The third-order valence-electron chi connectivity index (χ3n) is 5.17. The molecule has 4 rings (SSSR count). The molecule has 31 heavy (non-hydrogen) atoms. The van der Waals surface area contributed by atoms with Crippen LogP contribution < -0.4 is 10.2 Å². The molecule has 2 aliphatic rings. The molecular weight excluding hydrogens is 417 g/mol. The van der Waals surface area contributed by atoms with Crippen LogP contribution in [0.2, 0.25) is 0 Å². The zero-order valence-electron chi connectivity index (χ0n) is 16.7. The van der Waals surface area contributed by atoms with Crippen LogP contribution in [0.5, 0.6) is 0 Å². The van der Waals surface area contributed by atoms with Gasteiger partial charge in [0.1, 0.15) is 35.4 Å². The highest BCUT2D eigenvalue weighted by atomic mass is 19.4. The maximum atomic E-state index is 13.0. The fourth-order valence-corrected chi connectivity index (χ4v) is 3.59. The second-order valence-electron chi connectivity index (χ2n) is 7.61. The summed E-state index contributed by atoms with van der Waals surface area (Å²) in [6.45, 7) is 3.09. The zero-order valence-corrected chi connectivity index (χ0v) is 16.7. The Balaban J connectivity index is 1.38. The van der Waals surface area contributed by atoms with Crippen molar-refractivity contribution in [3.8, 4) is 0 Å². The van der Waals surface area contributed by atoms with Gasteiger partial charge >= 0.3 is 6.18 Å². The lowest BCUT2D eigenvalue weighted by Gasteiger charge is -2.40. The first kappa shape index (κ1) is 21.4. The highest BCUT2D eigenvalue weighted by Crippen LogP contribution is 2.34. The van der Waals surface area contributed by atoms with E-state index in [1.54, 1.807) is 17.3 Å². The van der Waals surface area contributed by atoms with Crippen molar-refractivity contribution in [2.24, 2.45) is 0 Å². The highest BCUT2D eigenvalue weighted by molar-refractivity contribution is 5.81. The van der Waals surface area contributed by atoms with Gasteiger partial charge in [0.25, 0.3) is 0 Å². The van der Waals surface area contributed by atoms with Crippen LogP contribution in [0.15, 0.2) is 24.8 Å². The smallest absolute Gasteiger partial charge is 0.369 e. The van der Waals surface area contributed by atoms with Crippen LogP contribution in [-0.4, -0.2) is 63.9 Å². The maximum Gasteiger partial charge on any atom is 0.433 e. The molecule has 2 fully saturated rings. The Morgan fingerprint density at radius 1 is 1.29 bits per heavy atom. The lowest BCUT2D eigenvalue weighted by molar-refractivity contribution is -0.141. The standard InChI is InChI=1S/C19H21F3N6O3/c1-12-6-23-15(24-7-12)8-25-17(29)13-5-18(10-30-13)9-28(2-3-31-18)16-4-14(19(20,21)22)26-11-27-16/h4,6-7,11,13H,2-3,5,8-10H2,1H3,(H,25,29). The van der Waals surface area contributed by atoms with Crippen LogP contribution in [0, 0.1) is 6.92 Å². The van der Waals surface area contributed by atoms with Gasteiger partial charge in [-0.05, 0) is 12.5 Å². The molecule has 2 saturated heterocycles. The van der Waals surface area contributed by atoms with Crippen molar-refractivity contribution in [3.63, 3.8) is 0 Å². The summed E-state index contributed by atoms with van der Waals surface area (Å²) < 4.78 is 50.5. The quantitative estimate of drug-likeness (QED) is 0.762. The lowest BCUT2D eigenvalue weighted by Crippen LogP contribution is -2.53. The Bertz CT molecular complexity index is 942. The molecule has 0 bridgehead atoms. The predicted octanol–water partition coefficient (Wildman–Crippen LogP) is 1.27. The fourth-order valence-electron chi connectivity index (χ4n) is 3.59. The third kappa shape index (κ3) is 4.90. The minimum Gasteiger partial charge on any atom is -0.369 e. The van der Waals surface area contributed by atoms with Gasteiger partial charge in [-0.25, -0.2) is 19.9 Å². The van der Waals surface area contributed by atoms with Crippen LogP contribution in [-0.2, 0) is 27.0 Å². The summed E-state index contributed by atoms with van der Waals surface area (Å²) in [4.78, 5) is 29.8. The third-order valence-corrected chi connectivity index (χ3v) is 5.17. The van der Waals surface area contributed by atoms with E-state index in [9.17, 15) is 18.0 Å². The van der Waals surface area contributed by atoms with E-state index in [1.165, 1.54) is 0 Å². The van der Waals surface area contributed by atoms with Gasteiger partial charge in [0.05, 0.1) is 26.3 Å². The Morgan fingerprint density at radius 2 is 2.06 bits per heavy atom. The molecule has 1 N–H and O–H groups in total. The number of nitrogens with one attached hydrogen (secondary N) is 1. The summed E-state index contributed by atoms with van der Waals surface area (Å²) in [5, 5.41) is 2.75. The average Bonchev–Trinajstić information content (AvgIpc) is 3.16. The molecule has 2 aromatic rings. The summed E-state index contributed by atoms with van der Waals surface area (Å²) in [6.07, 6.45) is -0.783. The molecule has 0 aliphatic carbocycles. The molecule has 2 aromatic heterocycles. The largest absolute Gasteiger partial charge is 0.433 e. The molecule has 2 aliphatic heterocycles. The van der Waals surface area contributed by atoms with Crippen molar-refractivity contribution in [1.82, 2.24) is 25.3 Å². The highest BCUT2D eigenvalue weighted by Gasteiger charge is 2.47. The van der Waals surface area contributed by atoms with Gasteiger partial charge in [-0.3, -0.25) is 4.79 Å². The fraction of sp³-hybridized carbons (Fsp3) is 0.526. The molecule has 4 heterocycles. The number of morpholine rings is 1. The number of carbonyl (C=O) groups is 1. The van der Waals surface area contributed by atoms with Crippen LogP contribution in [0.1, 0.15) is 23.5 Å². The van der Waals surface area contributed by atoms with Gasteiger partial charge in [0.15, 0.2) is 0 Å². The Kier molecular flexibility index (Phi) is 5.75. The molecule has 0 aromatic carbocycles. The molecule has 2 unspecified atom stereocenters. The van der Waals surface area contributed by atoms with Crippen LogP contribution in [0.3, 0.4) is 0 Å². The van der Waals surface area contributed by atoms with E-state index in [0.29, 0.717) is 12.4 Å². The first-order valence-corrected chi connectivity index (χ1v) is 9.69. The van der Waals surface area contributed by atoms with E-state index in [4.69, 9.17) is 9.47 Å². The number of hydrogen-bond donors (Lipinski definition) is 1. The number of ether oxygens (including phenoxy) is 2. The molecular formula is C19H21F3N6O3.